The first-order valence-electron chi connectivity index (χ1n) is 7.04. The molecule has 0 amide bonds. The first kappa shape index (κ1) is 13.8. The smallest absolute Gasteiger partial charge is 0.164 e. The van der Waals surface area contributed by atoms with Gasteiger partial charge in [0.05, 0.1) is 11.7 Å². The van der Waals surface area contributed by atoms with Gasteiger partial charge in [-0.1, -0.05) is 18.2 Å². The zero-order valence-electron chi connectivity index (χ0n) is 12.2. The summed E-state index contributed by atoms with van der Waals surface area (Å²) in [5.74, 6) is 0.0417. The predicted octanol–water partition coefficient (Wildman–Crippen LogP) is 3.31. The van der Waals surface area contributed by atoms with Gasteiger partial charge in [0.25, 0.3) is 0 Å². The number of benzene rings is 1. The highest BCUT2D eigenvalue weighted by Gasteiger charge is 2.46. The number of hydrogen-bond donors (Lipinski definition) is 0. The maximum absolute atomic E-state index is 12.0. The summed E-state index contributed by atoms with van der Waals surface area (Å²) in [6, 6.07) is 13.8. The number of hydroxylamine groups is 1. The van der Waals surface area contributed by atoms with Crippen LogP contribution in [0, 0.1) is 0 Å². The van der Waals surface area contributed by atoms with E-state index in [1.54, 1.807) is 19.3 Å². The lowest BCUT2D eigenvalue weighted by atomic mass is 9.91. The van der Waals surface area contributed by atoms with Crippen molar-refractivity contribution in [1.82, 2.24) is 4.98 Å². The summed E-state index contributed by atoms with van der Waals surface area (Å²) in [7, 11) is 0. The van der Waals surface area contributed by atoms with Crippen molar-refractivity contribution in [1.29, 1.82) is 0 Å². The van der Waals surface area contributed by atoms with E-state index in [2.05, 4.69) is 4.98 Å². The van der Waals surface area contributed by atoms with Gasteiger partial charge in [0, 0.05) is 18.8 Å². The molecule has 4 heteroatoms. The number of anilines is 1. The topological polar surface area (TPSA) is 42.4 Å². The second-order valence-electron chi connectivity index (χ2n) is 5.54. The van der Waals surface area contributed by atoms with Gasteiger partial charge in [-0.15, -0.1) is 0 Å². The summed E-state index contributed by atoms with van der Waals surface area (Å²) in [5, 5.41) is 1.84. The Hall–Kier alpha value is -2.20. The van der Waals surface area contributed by atoms with Gasteiger partial charge in [0.15, 0.2) is 11.4 Å². The molecule has 1 fully saturated rings. The highest BCUT2D eigenvalue weighted by atomic mass is 16.7. The highest BCUT2D eigenvalue weighted by molar-refractivity contribution is 5.85. The molecule has 1 aliphatic rings. The second-order valence-corrected chi connectivity index (χ2v) is 5.54. The van der Waals surface area contributed by atoms with Crippen LogP contribution in [0.5, 0.6) is 0 Å². The maximum Gasteiger partial charge on any atom is 0.164 e. The third kappa shape index (κ3) is 2.54. The number of ketones is 1. The molecule has 4 nitrogen and oxygen atoms in total. The zero-order chi connectivity index (χ0) is 14.9. The number of Topliss-reactive ketones (excluding diaryl/α,β-unsaturated/α-hetero) is 1. The van der Waals surface area contributed by atoms with Crippen molar-refractivity contribution in [3.05, 3.63) is 60.4 Å². The lowest BCUT2D eigenvalue weighted by Crippen LogP contribution is -2.34. The third-order valence-corrected chi connectivity index (χ3v) is 4.01. The Morgan fingerprint density at radius 1 is 1.24 bits per heavy atom. The van der Waals surface area contributed by atoms with Crippen LogP contribution in [0.3, 0.4) is 0 Å². The minimum atomic E-state index is -0.788. The molecule has 2 atom stereocenters. The van der Waals surface area contributed by atoms with E-state index in [0.29, 0.717) is 6.42 Å². The minimum Gasteiger partial charge on any atom is -0.297 e. The molecule has 0 spiro atoms. The Morgan fingerprint density at radius 3 is 2.52 bits per heavy atom. The fraction of sp³-hybridized carbons (Fsp3) is 0.294. The summed E-state index contributed by atoms with van der Waals surface area (Å²) in [6.07, 6.45) is 4.16. The van der Waals surface area contributed by atoms with Crippen molar-refractivity contribution >= 4 is 11.5 Å². The first-order chi connectivity index (χ1) is 10.1. The quantitative estimate of drug-likeness (QED) is 0.866. The molecule has 2 heterocycles. The van der Waals surface area contributed by atoms with Crippen molar-refractivity contribution in [3.8, 4) is 0 Å². The zero-order valence-corrected chi connectivity index (χ0v) is 12.2. The van der Waals surface area contributed by atoms with Gasteiger partial charge in [-0.25, -0.2) is 5.06 Å². The monoisotopic (exact) mass is 282 g/mol. The molecule has 0 saturated carbocycles. The van der Waals surface area contributed by atoms with Gasteiger partial charge in [0.1, 0.15) is 0 Å². The van der Waals surface area contributed by atoms with Crippen LogP contribution in [0.25, 0.3) is 0 Å². The van der Waals surface area contributed by atoms with E-state index >= 15 is 0 Å². The SMILES string of the molecule is CC(=O)[C@]1(C)C[C@@H](c2ccncc2)N(c2ccccc2)O1. The molecule has 1 aromatic carbocycles. The van der Waals surface area contributed by atoms with E-state index in [1.807, 2.05) is 54.5 Å². The van der Waals surface area contributed by atoms with Crippen LogP contribution in [0.15, 0.2) is 54.9 Å². The van der Waals surface area contributed by atoms with Gasteiger partial charge < -0.3 is 0 Å². The van der Waals surface area contributed by atoms with Crippen LogP contribution in [-0.4, -0.2) is 16.4 Å². The van der Waals surface area contributed by atoms with Crippen molar-refractivity contribution < 1.29 is 9.63 Å². The molecule has 3 rings (SSSR count). The first-order valence-corrected chi connectivity index (χ1v) is 7.04. The van der Waals surface area contributed by atoms with Gasteiger partial charge in [-0.3, -0.25) is 14.6 Å². The molecule has 0 N–H and O–H groups in total. The molecule has 1 aliphatic heterocycles. The molecule has 0 unspecified atom stereocenters. The van der Waals surface area contributed by atoms with E-state index in [0.717, 1.165) is 11.3 Å². The Morgan fingerprint density at radius 2 is 1.90 bits per heavy atom. The number of para-hydroxylation sites is 1. The summed E-state index contributed by atoms with van der Waals surface area (Å²) >= 11 is 0. The number of carbonyl (C=O) groups is 1. The summed E-state index contributed by atoms with van der Waals surface area (Å²) in [6.45, 7) is 3.44. The van der Waals surface area contributed by atoms with Gasteiger partial charge >= 0.3 is 0 Å². The average Bonchev–Trinajstić information content (AvgIpc) is 2.89. The number of aromatic nitrogens is 1. The van der Waals surface area contributed by atoms with E-state index in [4.69, 9.17) is 4.84 Å². The van der Waals surface area contributed by atoms with Crippen LogP contribution >= 0.6 is 0 Å². The lowest BCUT2D eigenvalue weighted by Gasteiger charge is -2.26. The minimum absolute atomic E-state index is 0.00398. The van der Waals surface area contributed by atoms with Crippen molar-refractivity contribution in [3.63, 3.8) is 0 Å². The average molecular weight is 282 g/mol. The molecule has 1 saturated heterocycles. The van der Waals surface area contributed by atoms with Gasteiger partial charge in [0.2, 0.25) is 0 Å². The molecule has 0 radical (unpaired) electrons. The largest absolute Gasteiger partial charge is 0.297 e. The van der Waals surface area contributed by atoms with Crippen molar-refractivity contribution in [2.24, 2.45) is 0 Å². The van der Waals surface area contributed by atoms with Crippen LogP contribution in [0.2, 0.25) is 0 Å². The third-order valence-electron chi connectivity index (χ3n) is 4.01. The summed E-state index contributed by atoms with van der Waals surface area (Å²) in [5.41, 5.74) is 1.26. The maximum atomic E-state index is 12.0. The number of hydrogen-bond acceptors (Lipinski definition) is 4. The summed E-state index contributed by atoms with van der Waals surface area (Å²) in [4.78, 5) is 22.0. The van der Waals surface area contributed by atoms with Crippen molar-refractivity contribution in [2.45, 2.75) is 31.9 Å². The predicted molar refractivity (Wildman–Crippen MR) is 80.7 cm³/mol. The van der Waals surface area contributed by atoms with E-state index < -0.39 is 5.60 Å². The molecule has 0 bridgehead atoms. The summed E-state index contributed by atoms with van der Waals surface area (Å²) < 4.78 is 0. The fourth-order valence-corrected chi connectivity index (χ4v) is 2.62. The Labute approximate surface area is 124 Å². The Kier molecular flexibility index (Phi) is 3.47. The van der Waals surface area contributed by atoms with E-state index in [1.165, 1.54) is 0 Å². The molecule has 2 aromatic rings. The molecule has 1 aromatic heterocycles. The number of pyridine rings is 1. The Bertz CT molecular complexity index is 580. The van der Waals surface area contributed by atoms with Crippen LogP contribution in [0.1, 0.15) is 31.9 Å². The number of nitrogens with zero attached hydrogens (tertiary/aromatic N) is 2. The van der Waals surface area contributed by atoms with Gasteiger partial charge in [-0.2, -0.15) is 0 Å². The second kappa shape index (κ2) is 5.30. The van der Waals surface area contributed by atoms with Crippen molar-refractivity contribution in [2.75, 3.05) is 5.06 Å². The molecule has 108 valence electrons. The Balaban J connectivity index is 2.01. The van der Waals surface area contributed by atoms with E-state index in [-0.39, 0.29) is 11.8 Å². The molecular formula is C17H18N2O2. The van der Waals surface area contributed by atoms with Gasteiger partial charge in [-0.05, 0) is 43.7 Å². The lowest BCUT2D eigenvalue weighted by molar-refractivity contribution is -0.136. The van der Waals surface area contributed by atoms with Crippen LogP contribution in [-0.2, 0) is 9.63 Å². The molecular weight excluding hydrogens is 264 g/mol. The molecule has 21 heavy (non-hydrogen) atoms. The van der Waals surface area contributed by atoms with Crippen LogP contribution in [0.4, 0.5) is 5.69 Å². The highest BCUT2D eigenvalue weighted by Crippen LogP contribution is 2.43. The van der Waals surface area contributed by atoms with Crippen LogP contribution < -0.4 is 5.06 Å². The normalized spacial score (nSPS) is 25.0. The fourth-order valence-electron chi connectivity index (χ4n) is 2.62. The molecule has 0 aliphatic carbocycles. The number of rotatable bonds is 3. The number of carbonyl (C=O) groups excluding carboxylic acids is 1. The van der Waals surface area contributed by atoms with E-state index in [9.17, 15) is 4.79 Å². The standard InChI is InChI=1S/C17H18N2O2/c1-13(20)17(2)12-16(14-8-10-18-11-9-14)19(21-17)15-6-4-3-5-7-15/h3-11,16H,12H2,1-2H3/t16-,17-/m0/s1.